The Balaban J connectivity index is 1.86. The molecule has 0 aromatic carbocycles. The average molecular weight is 294 g/mol. The Morgan fingerprint density at radius 3 is 2.95 bits per heavy atom. The molecule has 2 heterocycles. The van der Waals surface area contributed by atoms with E-state index in [1.54, 1.807) is 18.5 Å². The number of aromatic amines is 1. The number of carbonyl (C=O) groups is 1. The molecule has 0 aliphatic heterocycles. The lowest BCUT2D eigenvalue weighted by Crippen LogP contribution is -2.32. The van der Waals surface area contributed by atoms with Gasteiger partial charge in [-0.05, 0) is 24.6 Å². The van der Waals surface area contributed by atoms with Crippen molar-refractivity contribution in [1.82, 2.24) is 15.3 Å². The summed E-state index contributed by atoms with van der Waals surface area (Å²) in [7, 11) is 0. The zero-order valence-corrected chi connectivity index (χ0v) is 11.6. The van der Waals surface area contributed by atoms with Crippen molar-refractivity contribution in [3.05, 3.63) is 53.1 Å². The fourth-order valence-electron chi connectivity index (χ4n) is 1.85. The molecule has 5 nitrogen and oxygen atoms in total. The van der Waals surface area contributed by atoms with Crippen molar-refractivity contribution in [1.29, 1.82) is 0 Å². The van der Waals surface area contributed by atoms with Gasteiger partial charge in [-0.3, -0.25) is 9.78 Å². The minimum absolute atomic E-state index is 0.0116. The summed E-state index contributed by atoms with van der Waals surface area (Å²) in [5, 5.41) is 12.6. The number of hydrogen-bond donors (Lipinski definition) is 3. The van der Waals surface area contributed by atoms with Gasteiger partial charge in [0.1, 0.15) is 5.69 Å². The summed E-state index contributed by atoms with van der Waals surface area (Å²) in [5.41, 5.74) is 1.30. The molecule has 0 spiro atoms. The van der Waals surface area contributed by atoms with Crippen LogP contribution in [0.2, 0.25) is 5.02 Å². The number of hydrogen-bond acceptors (Lipinski definition) is 3. The second-order valence-corrected chi connectivity index (χ2v) is 4.95. The third kappa shape index (κ3) is 4.08. The van der Waals surface area contributed by atoms with E-state index >= 15 is 0 Å². The summed E-state index contributed by atoms with van der Waals surface area (Å²) in [6.07, 6.45) is 3.88. The van der Waals surface area contributed by atoms with Gasteiger partial charge >= 0.3 is 0 Å². The molecule has 2 aromatic heterocycles. The number of nitrogens with one attached hydrogen (secondary N) is 2. The van der Waals surface area contributed by atoms with Crippen LogP contribution in [0.5, 0.6) is 0 Å². The van der Waals surface area contributed by atoms with Crippen molar-refractivity contribution in [2.75, 3.05) is 13.2 Å². The molecule has 2 aromatic rings. The number of aliphatic hydroxyl groups is 1. The van der Waals surface area contributed by atoms with Crippen LogP contribution >= 0.6 is 11.6 Å². The fourth-order valence-corrected chi connectivity index (χ4v) is 2.01. The lowest BCUT2D eigenvalue weighted by Gasteiger charge is -2.14. The number of halogens is 1. The first kappa shape index (κ1) is 14.6. The normalized spacial score (nSPS) is 12.1. The van der Waals surface area contributed by atoms with Gasteiger partial charge in [-0.2, -0.15) is 0 Å². The highest BCUT2D eigenvalue weighted by molar-refractivity contribution is 6.30. The minimum Gasteiger partial charge on any atom is -0.396 e. The summed E-state index contributed by atoms with van der Waals surface area (Å²) < 4.78 is 0. The highest BCUT2D eigenvalue weighted by atomic mass is 35.5. The molecule has 0 radical (unpaired) electrons. The first-order chi connectivity index (χ1) is 9.69. The molecule has 2 rings (SSSR count). The summed E-state index contributed by atoms with van der Waals surface area (Å²) in [6.45, 7) is 0.366. The Morgan fingerprint density at radius 2 is 2.35 bits per heavy atom. The molecule has 0 aliphatic rings. The van der Waals surface area contributed by atoms with Gasteiger partial charge in [-0.1, -0.05) is 17.7 Å². The SMILES string of the molecule is O=C(NCC(CO)Cc1ccccn1)c1cc(Cl)c[nH]1. The summed E-state index contributed by atoms with van der Waals surface area (Å²) in [4.78, 5) is 18.8. The monoisotopic (exact) mass is 293 g/mol. The van der Waals surface area contributed by atoms with Crippen molar-refractivity contribution < 1.29 is 9.90 Å². The van der Waals surface area contributed by atoms with Crippen LogP contribution in [0.1, 0.15) is 16.2 Å². The first-order valence-corrected chi connectivity index (χ1v) is 6.69. The van der Waals surface area contributed by atoms with Crippen LogP contribution in [-0.4, -0.2) is 34.1 Å². The molecule has 0 bridgehead atoms. The maximum absolute atomic E-state index is 11.8. The Hall–Kier alpha value is -1.85. The average Bonchev–Trinajstić information content (AvgIpc) is 2.91. The highest BCUT2D eigenvalue weighted by Gasteiger charge is 2.13. The van der Waals surface area contributed by atoms with E-state index in [9.17, 15) is 9.90 Å². The minimum atomic E-state index is -0.239. The first-order valence-electron chi connectivity index (χ1n) is 6.32. The summed E-state index contributed by atoms with van der Waals surface area (Å²) >= 11 is 5.74. The van der Waals surface area contributed by atoms with Crippen LogP contribution in [0.25, 0.3) is 0 Å². The van der Waals surface area contributed by atoms with Crippen LogP contribution in [-0.2, 0) is 6.42 Å². The lowest BCUT2D eigenvalue weighted by atomic mass is 10.0. The van der Waals surface area contributed by atoms with Crippen LogP contribution in [0.3, 0.4) is 0 Å². The predicted octanol–water partition coefficient (Wildman–Crippen LogP) is 1.64. The Kier molecular flexibility index (Phi) is 5.15. The van der Waals surface area contributed by atoms with Crippen molar-refractivity contribution in [2.24, 2.45) is 5.92 Å². The third-order valence-corrected chi connectivity index (χ3v) is 3.14. The van der Waals surface area contributed by atoms with Gasteiger partial charge in [-0.15, -0.1) is 0 Å². The molecule has 106 valence electrons. The number of carbonyl (C=O) groups excluding carboxylic acids is 1. The Bertz CT molecular complexity index is 557. The molecular formula is C14H16ClN3O2. The smallest absolute Gasteiger partial charge is 0.267 e. The van der Waals surface area contributed by atoms with E-state index < -0.39 is 0 Å². The van der Waals surface area contributed by atoms with Gasteiger partial charge in [-0.25, -0.2) is 0 Å². The standard InChI is InChI=1S/C14H16ClN3O2/c15-11-6-13(17-8-11)14(20)18-7-10(9-19)5-12-3-1-2-4-16-12/h1-4,6,8,10,17,19H,5,7,9H2,(H,18,20). The van der Waals surface area contributed by atoms with Gasteiger partial charge in [0.15, 0.2) is 0 Å². The molecule has 1 amide bonds. The topological polar surface area (TPSA) is 78.0 Å². The van der Waals surface area contributed by atoms with Crippen molar-refractivity contribution >= 4 is 17.5 Å². The van der Waals surface area contributed by atoms with Gasteiger partial charge < -0.3 is 15.4 Å². The van der Waals surface area contributed by atoms with Gasteiger partial charge in [0.25, 0.3) is 5.91 Å². The Labute approximate surface area is 122 Å². The zero-order chi connectivity index (χ0) is 14.4. The molecule has 20 heavy (non-hydrogen) atoms. The molecule has 1 atom stereocenters. The maximum Gasteiger partial charge on any atom is 0.267 e. The van der Waals surface area contributed by atoms with Crippen LogP contribution in [0.15, 0.2) is 36.7 Å². The lowest BCUT2D eigenvalue weighted by molar-refractivity contribution is 0.0935. The van der Waals surface area contributed by atoms with E-state index in [1.807, 2.05) is 18.2 Å². The fraction of sp³-hybridized carbons (Fsp3) is 0.286. The highest BCUT2D eigenvalue weighted by Crippen LogP contribution is 2.10. The van der Waals surface area contributed by atoms with Gasteiger partial charge in [0.05, 0.1) is 5.02 Å². The van der Waals surface area contributed by atoms with Crippen LogP contribution in [0, 0.1) is 5.92 Å². The molecule has 0 aliphatic carbocycles. The van der Waals surface area contributed by atoms with E-state index in [4.69, 9.17) is 11.6 Å². The summed E-state index contributed by atoms with van der Waals surface area (Å²) in [5.74, 6) is -0.310. The van der Waals surface area contributed by atoms with E-state index in [0.717, 1.165) is 5.69 Å². The van der Waals surface area contributed by atoms with Crippen molar-refractivity contribution in [2.45, 2.75) is 6.42 Å². The molecule has 1 unspecified atom stereocenters. The van der Waals surface area contributed by atoms with Crippen LogP contribution < -0.4 is 5.32 Å². The molecule has 3 N–H and O–H groups in total. The number of H-pyrrole nitrogens is 1. The van der Waals surface area contributed by atoms with Crippen molar-refractivity contribution in [3.63, 3.8) is 0 Å². The number of rotatable bonds is 6. The van der Waals surface area contributed by atoms with Crippen molar-refractivity contribution in [3.8, 4) is 0 Å². The number of pyridine rings is 1. The van der Waals surface area contributed by atoms with Gasteiger partial charge in [0.2, 0.25) is 0 Å². The Morgan fingerprint density at radius 1 is 1.50 bits per heavy atom. The van der Waals surface area contributed by atoms with E-state index in [0.29, 0.717) is 23.7 Å². The maximum atomic E-state index is 11.8. The summed E-state index contributed by atoms with van der Waals surface area (Å²) in [6, 6.07) is 7.20. The van der Waals surface area contributed by atoms with E-state index in [-0.39, 0.29) is 18.4 Å². The number of nitrogens with zero attached hydrogens (tertiary/aromatic N) is 1. The van der Waals surface area contributed by atoms with E-state index in [2.05, 4.69) is 15.3 Å². The van der Waals surface area contributed by atoms with Gasteiger partial charge in [0, 0.05) is 37.2 Å². The molecular weight excluding hydrogens is 278 g/mol. The second-order valence-electron chi connectivity index (χ2n) is 4.52. The number of aliphatic hydroxyl groups excluding tert-OH is 1. The quantitative estimate of drug-likeness (QED) is 0.758. The molecule has 0 saturated carbocycles. The number of amides is 1. The predicted molar refractivity (Wildman–Crippen MR) is 76.7 cm³/mol. The number of aromatic nitrogens is 2. The third-order valence-electron chi connectivity index (χ3n) is 2.93. The molecule has 6 heteroatoms. The van der Waals surface area contributed by atoms with Crippen LogP contribution in [0.4, 0.5) is 0 Å². The zero-order valence-electron chi connectivity index (χ0n) is 10.8. The van der Waals surface area contributed by atoms with E-state index in [1.165, 1.54) is 0 Å². The molecule has 0 fully saturated rings. The molecule has 0 saturated heterocycles. The largest absolute Gasteiger partial charge is 0.396 e. The second kappa shape index (κ2) is 7.07.